The first-order chi connectivity index (χ1) is 31.7. The van der Waals surface area contributed by atoms with Gasteiger partial charge in [0.2, 0.25) is 0 Å². The van der Waals surface area contributed by atoms with Crippen molar-refractivity contribution in [2.75, 3.05) is 4.90 Å². The van der Waals surface area contributed by atoms with Crippen molar-refractivity contribution in [2.45, 2.75) is 37.5 Å². The molecule has 1 heterocycles. The zero-order valence-electron chi connectivity index (χ0n) is 35.4. The Bertz CT molecular complexity index is 3680. The van der Waals surface area contributed by atoms with Gasteiger partial charge in [-0.05, 0) is 115 Å². The van der Waals surface area contributed by atoms with Crippen LogP contribution in [-0.2, 0) is 5.41 Å². The molecule has 0 unspecified atom stereocenters. The molecular weight excluding hydrogens is 775 g/mol. The van der Waals surface area contributed by atoms with E-state index < -0.39 is 0 Å². The van der Waals surface area contributed by atoms with E-state index in [0.29, 0.717) is 0 Å². The molecule has 11 aromatic rings. The summed E-state index contributed by atoms with van der Waals surface area (Å²) in [5.41, 5.74) is 21.2. The summed E-state index contributed by atoms with van der Waals surface area (Å²) in [6.45, 7) is 0. The Balaban J connectivity index is 0.988. The minimum absolute atomic E-state index is 0.0440. The first-order valence-corrected chi connectivity index (χ1v) is 23.0. The fourth-order valence-corrected chi connectivity index (χ4v) is 12.3. The average molecular weight is 818 g/mol. The molecule has 0 atom stereocenters. The van der Waals surface area contributed by atoms with Gasteiger partial charge in [-0.15, -0.1) is 0 Å². The van der Waals surface area contributed by atoms with Gasteiger partial charge in [-0.25, -0.2) is 0 Å². The molecule has 302 valence electrons. The molecule has 2 heteroatoms. The summed E-state index contributed by atoms with van der Waals surface area (Å²) in [5, 5.41) is 7.40. The van der Waals surface area contributed by atoms with E-state index in [1.807, 2.05) is 6.07 Å². The zero-order chi connectivity index (χ0) is 41.9. The molecule has 64 heavy (non-hydrogen) atoms. The smallest absolute Gasteiger partial charge is 0.143 e. The molecule has 0 N–H and O–H groups in total. The summed E-state index contributed by atoms with van der Waals surface area (Å²) in [6.07, 6.45) is 6.22. The van der Waals surface area contributed by atoms with E-state index in [-0.39, 0.29) is 5.41 Å². The van der Waals surface area contributed by atoms with Crippen molar-refractivity contribution < 1.29 is 4.42 Å². The lowest BCUT2D eigenvalue weighted by Crippen LogP contribution is -2.28. The molecule has 1 fully saturated rings. The lowest BCUT2D eigenvalue weighted by Gasteiger charge is -2.36. The van der Waals surface area contributed by atoms with Crippen LogP contribution in [0.1, 0.15) is 43.2 Å². The molecule has 1 saturated carbocycles. The summed E-state index contributed by atoms with van der Waals surface area (Å²) in [7, 11) is 0. The van der Waals surface area contributed by atoms with Crippen LogP contribution >= 0.6 is 0 Å². The van der Waals surface area contributed by atoms with Gasteiger partial charge in [0.05, 0.1) is 11.4 Å². The number of fused-ring (bicyclic) bond motifs is 12. The Morgan fingerprint density at radius 1 is 0.359 bits per heavy atom. The van der Waals surface area contributed by atoms with E-state index in [2.05, 4.69) is 199 Å². The molecule has 0 aliphatic heterocycles. The van der Waals surface area contributed by atoms with E-state index in [1.54, 1.807) is 0 Å². The van der Waals surface area contributed by atoms with E-state index >= 15 is 0 Å². The standard InChI is InChI=1S/C62H43NO/c1-10-37-62(38-11-1)54-25-8-6-20-53(54)60-55(62)26-14-27-57(60)63(40-31-29-39(30-32-40)41-21-12-24-52-48-19-7-9-28-58(48)64-61(41)52)56-36-35-45(42-15-4-5-18-47(42)56)46-33-34-51-44-17-3-2-16-43(44)49-22-13-23-50(46)59(49)51/h2-9,12-36H,1,10-11,37-38H2. The third-order valence-electron chi connectivity index (χ3n) is 15.0. The Morgan fingerprint density at radius 2 is 0.938 bits per heavy atom. The van der Waals surface area contributed by atoms with Crippen molar-refractivity contribution in [3.05, 3.63) is 211 Å². The molecule has 3 aliphatic rings. The second kappa shape index (κ2) is 13.7. The highest BCUT2D eigenvalue weighted by Gasteiger charge is 2.45. The second-order valence-corrected chi connectivity index (χ2v) is 18.2. The van der Waals surface area contributed by atoms with E-state index in [4.69, 9.17) is 4.42 Å². The molecule has 1 aromatic heterocycles. The van der Waals surface area contributed by atoms with Gasteiger partial charge in [0.25, 0.3) is 0 Å². The third kappa shape index (κ3) is 4.97. The zero-order valence-corrected chi connectivity index (χ0v) is 35.4. The van der Waals surface area contributed by atoms with E-state index in [0.717, 1.165) is 38.8 Å². The Kier molecular flexibility index (Phi) is 7.65. The maximum Gasteiger partial charge on any atom is 0.143 e. The lowest BCUT2D eigenvalue weighted by atomic mass is 9.68. The monoisotopic (exact) mass is 817 g/mol. The van der Waals surface area contributed by atoms with Crippen molar-refractivity contribution in [3.63, 3.8) is 0 Å². The number of benzene rings is 10. The molecular formula is C62H43NO. The maximum absolute atomic E-state index is 6.54. The maximum atomic E-state index is 6.54. The van der Waals surface area contributed by atoms with E-state index in [9.17, 15) is 0 Å². The van der Waals surface area contributed by atoms with Crippen molar-refractivity contribution in [2.24, 2.45) is 0 Å². The lowest BCUT2D eigenvalue weighted by molar-refractivity contribution is 0.353. The summed E-state index contributed by atoms with van der Waals surface area (Å²) >= 11 is 0. The summed E-state index contributed by atoms with van der Waals surface area (Å²) < 4.78 is 6.54. The molecule has 0 amide bonds. The second-order valence-electron chi connectivity index (χ2n) is 18.2. The van der Waals surface area contributed by atoms with Crippen LogP contribution in [0.5, 0.6) is 0 Å². The van der Waals surface area contributed by atoms with Crippen LogP contribution in [0, 0.1) is 0 Å². The fourth-order valence-electron chi connectivity index (χ4n) is 12.3. The van der Waals surface area contributed by atoms with Crippen molar-refractivity contribution in [1.82, 2.24) is 0 Å². The van der Waals surface area contributed by atoms with Crippen LogP contribution in [-0.4, -0.2) is 0 Å². The van der Waals surface area contributed by atoms with E-state index in [1.165, 1.54) is 121 Å². The number of hydrogen-bond acceptors (Lipinski definition) is 2. The van der Waals surface area contributed by atoms with Crippen molar-refractivity contribution in [1.29, 1.82) is 0 Å². The predicted molar refractivity (Wildman–Crippen MR) is 268 cm³/mol. The molecule has 3 aliphatic carbocycles. The van der Waals surface area contributed by atoms with Crippen LogP contribution in [0.4, 0.5) is 17.1 Å². The molecule has 1 spiro atoms. The molecule has 2 nitrogen and oxygen atoms in total. The Hall–Kier alpha value is -7.68. The number of anilines is 3. The van der Waals surface area contributed by atoms with Crippen molar-refractivity contribution in [3.8, 4) is 55.6 Å². The van der Waals surface area contributed by atoms with Gasteiger partial charge in [0.1, 0.15) is 11.2 Å². The summed E-state index contributed by atoms with van der Waals surface area (Å²) in [5.74, 6) is 0. The molecule has 0 radical (unpaired) electrons. The molecule has 10 aromatic carbocycles. The van der Waals surface area contributed by atoms with Gasteiger partial charge in [0, 0.05) is 38.4 Å². The van der Waals surface area contributed by atoms with Gasteiger partial charge < -0.3 is 9.32 Å². The summed E-state index contributed by atoms with van der Waals surface area (Å²) in [6, 6.07) is 74.7. The molecule has 0 saturated heterocycles. The van der Waals surface area contributed by atoms with Gasteiger partial charge >= 0.3 is 0 Å². The number of furan rings is 1. The highest BCUT2D eigenvalue weighted by molar-refractivity contribution is 6.21. The fraction of sp³-hybridized carbons (Fsp3) is 0.0968. The minimum Gasteiger partial charge on any atom is -0.455 e. The van der Waals surface area contributed by atoms with Gasteiger partial charge in [-0.2, -0.15) is 0 Å². The summed E-state index contributed by atoms with van der Waals surface area (Å²) in [4.78, 5) is 2.55. The molecule has 14 rings (SSSR count). The van der Waals surface area contributed by atoms with Crippen LogP contribution in [0.3, 0.4) is 0 Å². The van der Waals surface area contributed by atoms with Crippen molar-refractivity contribution >= 4 is 60.5 Å². The molecule has 0 bridgehead atoms. The number of hydrogen-bond donors (Lipinski definition) is 0. The highest BCUT2D eigenvalue weighted by Crippen LogP contribution is 2.60. The number of para-hydroxylation sites is 2. The largest absolute Gasteiger partial charge is 0.455 e. The Labute approximate surface area is 372 Å². The minimum atomic E-state index is 0.0440. The SMILES string of the molecule is c1ccc2c(c1)-c1cccc3c(-c4ccc(N(c5ccc(-c6cccc7c6oc6ccccc67)cc5)c5cccc6c5-c5ccccc5C65CCCCC5)c5ccccc45)ccc-2c13. The van der Waals surface area contributed by atoms with Crippen LogP contribution in [0.2, 0.25) is 0 Å². The topological polar surface area (TPSA) is 16.4 Å². The Morgan fingerprint density at radius 3 is 1.77 bits per heavy atom. The number of nitrogens with zero attached hydrogens (tertiary/aromatic N) is 1. The van der Waals surface area contributed by atoms with Crippen LogP contribution < -0.4 is 4.90 Å². The van der Waals surface area contributed by atoms with Crippen LogP contribution in [0.15, 0.2) is 205 Å². The first-order valence-electron chi connectivity index (χ1n) is 23.0. The first kappa shape index (κ1) is 35.9. The number of rotatable bonds is 5. The highest BCUT2D eigenvalue weighted by atomic mass is 16.3. The third-order valence-corrected chi connectivity index (χ3v) is 15.0. The van der Waals surface area contributed by atoms with Gasteiger partial charge in [0.15, 0.2) is 0 Å². The van der Waals surface area contributed by atoms with Gasteiger partial charge in [-0.3, -0.25) is 0 Å². The van der Waals surface area contributed by atoms with Gasteiger partial charge in [-0.1, -0.05) is 189 Å². The quantitative estimate of drug-likeness (QED) is 0.172. The van der Waals surface area contributed by atoms with Crippen LogP contribution in [0.25, 0.3) is 99.1 Å². The average Bonchev–Trinajstić information content (AvgIpc) is 4.00. The normalized spacial score (nSPS) is 14.4. The predicted octanol–water partition coefficient (Wildman–Crippen LogP) is 17.6.